The maximum absolute atomic E-state index is 12.6. The van der Waals surface area contributed by atoms with E-state index < -0.39 is 22.0 Å². The van der Waals surface area contributed by atoms with Crippen molar-refractivity contribution in [1.82, 2.24) is 10.0 Å². The van der Waals surface area contributed by atoms with Gasteiger partial charge in [-0.25, -0.2) is 8.42 Å². The molecule has 0 radical (unpaired) electrons. The van der Waals surface area contributed by atoms with Gasteiger partial charge in [-0.05, 0) is 38.8 Å². The van der Waals surface area contributed by atoms with Gasteiger partial charge in [0.05, 0.1) is 11.5 Å². The monoisotopic (exact) mass is 342 g/mol. The van der Waals surface area contributed by atoms with Gasteiger partial charge in [-0.1, -0.05) is 17.7 Å². The highest BCUT2D eigenvalue weighted by Gasteiger charge is 2.28. The Hall–Kier alpha value is -1.93. The van der Waals surface area contributed by atoms with E-state index in [1.807, 2.05) is 6.92 Å². The standard InChI is InChI=1S/C15H22N2O5S/c1-5-22-15(19)13(8-16-9-18)17-23(20,21)14-11(3)6-10(2)7-12(14)4/h6-7,9,13,17H,5,8H2,1-4H3,(H,16,18)/t13-/m0/s1. The fourth-order valence-corrected chi connectivity index (χ4v) is 4.06. The van der Waals surface area contributed by atoms with Gasteiger partial charge in [-0.2, -0.15) is 4.72 Å². The summed E-state index contributed by atoms with van der Waals surface area (Å²) in [5.74, 6) is -0.743. The van der Waals surface area contributed by atoms with Gasteiger partial charge >= 0.3 is 5.97 Å². The molecule has 1 aromatic carbocycles. The normalized spacial score (nSPS) is 12.5. The molecule has 8 heteroatoms. The molecule has 0 unspecified atom stereocenters. The van der Waals surface area contributed by atoms with Crippen molar-refractivity contribution in [2.45, 2.75) is 38.6 Å². The lowest BCUT2D eigenvalue weighted by atomic mass is 10.1. The molecule has 0 heterocycles. The summed E-state index contributed by atoms with van der Waals surface area (Å²) < 4.78 is 32.4. The minimum Gasteiger partial charge on any atom is -0.465 e. The number of carbonyl (C=O) groups excluding carboxylic acids is 2. The zero-order valence-electron chi connectivity index (χ0n) is 13.7. The Morgan fingerprint density at radius 3 is 2.30 bits per heavy atom. The molecule has 1 rings (SSSR count). The number of aryl methyl sites for hydroxylation is 3. The van der Waals surface area contributed by atoms with Crippen LogP contribution < -0.4 is 10.0 Å². The van der Waals surface area contributed by atoms with E-state index in [0.717, 1.165) is 5.56 Å². The molecule has 0 saturated heterocycles. The van der Waals surface area contributed by atoms with Crippen LogP contribution in [0.3, 0.4) is 0 Å². The van der Waals surface area contributed by atoms with Crippen molar-refractivity contribution in [3.63, 3.8) is 0 Å². The van der Waals surface area contributed by atoms with Crippen LogP contribution in [0.4, 0.5) is 0 Å². The highest BCUT2D eigenvalue weighted by atomic mass is 32.2. The van der Waals surface area contributed by atoms with E-state index in [1.165, 1.54) is 0 Å². The molecule has 2 N–H and O–H groups in total. The summed E-state index contributed by atoms with van der Waals surface area (Å²) in [7, 11) is -3.94. The first-order chi connectivity index (χ1) is 10.7. The first-order valence-electron chi connectivity index (χ1n) is 7.16. The molecule has 1 aromatic rings. The number of hydrogen-bond donors (Lipinski definition) is 2. The van der Waals surface area contributed by atoms with Crippen LogP contribution >= 0.6 is 0 Å². The second kappa shape index (κ2) is 8.07. The van der Waals surface area contributed by atoms with Gasteiger partial charge < -0.3 is 10.1 Å². The molecule has 0 spiro atoms. The van der Waals surface area contributed by atoms with Crippen LogP contribution in [-0.4, -0.2) is 40.0 Å². The van der Waals surface area contributed by atoms with Gasteiger partial charge in [0.2, 0.25) is 16.4 Å². The third-order valence-electron chi connectivity index (χ3n) is 3.15. The topological polar surface area (TPSA) is 102 Å². The quantitative estimate of drug-likeness (QED) is 0.531. The van der Waals surface area contributed by atoms with Gasteiger partial charge in [0.25, 0.3) is 0 Å². The van der Waals surface area contributed by atoms with Crippen molar-refractivity contribution in [1.29, 1.82) is 0 Å². The fraction of sp³-hybridized carbons (Fsp3) is 0.467. The number of ether oxygens (including phenoxy) is 1. The van der Waals surface area contributed by atoms with E-state index in [0.29, 0.717) is 17.5 Å². The van der Waals surface area contributed by atoms with Crippen molar-refractivity contribution in [3.05, 3.63) is 28.8 Å². The molecule has 1 amide bonds. The number of benzene rings is 1. The van der Waals surface area contributed by atoms with E-state index in [-0.39, 0.29) is 18.0 Å². The molecular weight excluding hydrogens is 320 g/mol. The van der Waals surface area contributed by atoms with Crippen LogP contribution in [0.25, 0.3) is 0 Å². The average molecular weight is 342 g/mol. The Morgan fingerprint density at radius 2 is 1.83 bits per heavy atom. The second-order valence-electron chi connectivity index (χ2n) is 5.18. The molecule has 128 valence electrons. The van der Waals surface area contributed by atoms with Crippen LogP contribution in [0.15, 0.2) is 17.0 Å². The predicted octanol–water partition coefficient (Wildman–Crippen LogP) is 0.568. The lowest BCUT2D eigenvalue weighted by Gasteiger charge is -2.19. The zero-order chi connectivity index (χ0) is 17.6. The van der Waals surface area contributed by atoms with E-state index in [1.54, 1.807) is 32.9 Å². The van der Waals surface area contributed by atoms with Crippen LogP contribution in [0, 0.1) is 20.8 Å². The Morgan fingerprint density at radius 1 is 1.26 bits per heavy atom. The molecular formula is C15H22N2O5S. The summed E-state index contributed by atoms with van der Waals surface area (Å²) in [5, 5.41) is 2.29. The SMILES string of the molecule is CCOC(=O)[C@H](CNC=O)NS(=O)(=O)c1c(C)cc(C)cc1C. The maximum Gasteiger partial charge on any atom is 0.326 e. The lowest BCUT2D eigenvalue weighted by Crippen LogP contribution is -2.48. The highest BCUT2D eigenvalue weighted by molar-refractivity contribution is 7.89. The Kier molecular flexibility index (Phi) is 6.71. The Bertz CT molecular complexity index is 662. The van der Waals surface area contributed by atoms with Gasteiger partial charge in [0.1, 0.15) is 6.04 Å². The summed E-state index contributed by atoms with van der Waals surface area (Å²) in [6.07, 6.45) is 0.392. The summed E-state index contributed by atoms with van der Waals surface area (Å²) >= 11 is 0. The molecule has 0 fully saturated rings. The maximum atomic E-state index is 12.6. The van der Waals surface area contributed by atoms with Gasteiger partial charge in [-0.15, -0.1) is 0 Å². The molecule has 0 aliphatic carbocycles. The Balaban J connectivity index is 3.15. The molecule has 7 nitrogen and oxygen atoms in total. The summed E-state index contributed by atoms with van der Waals surface area (Å²) in [6.45, 7) is 6.80. The van der Waals surface area contributed by atoms with E-state index in [2.05, 4.69) is 10.0 Å². The van der Waals surface area contributed by atoms with Crippen molar-refractivity contribution < 1.29 is 22.7 Å². The van der Waals surface area contributed by atoms with Crippen molar-refractivity contribution in [3.8, 4) is 0 Å². The first kappa shape index (κ1) is 19.1. The van der Waals surface area contributed by atoms with Crippen LogP contribution in [0.2, 0.25) is 0 Å². The molecule has 0 saturated carbocycles. The molecule has 0 aliphatic heterocycles. The number of rotatable bonds is 8. The van der Waals surface area contributed by atoms with E-state index in [4.69, 9.17) is 4.74 Å². The zero-order valence-corrected chi connectivity index (χ0v) is 14.5. The number of amides is 1. The van der Waals surface area contributed by atoms with Crippen LogP contribution in [0.5, 0.6) is 0 Å². The van der Waals surface area contributed by atoms with Gasteiger partial charge in [-0.3, -0.25) is 9.59 Å². The van der Waals surface area contributed by atoms with Crippen molar-refractivity contribution in [2.24, 2.45) is 0 Å². The number of esters is 1. The van der Waals surface area contributed by atoms with E-state index in [9.17, 15) is 18.0 Å². The summed E-state index contributed by atoms with van der Waals surface area (Å²) in [5.41, 5.74) is 2.12. The molecule has 23 heavy (non-hydrogen) atoms. The van der Waals surface area contributed by atoms with E-state index >= 15 is 0 Å². The highest BCUT2D eigenvalue weighted by Crippen LogP contribution is 2.21. The molecule has 0 aliphatic rings. The number of hydrogen-bond acceptors (Lipinski definition) is 5. The van der Waals surface area contributed by atoms with Gasteiger partial charge in [0.15, 0.2) is 0 Å². The van der Waals surface area contributed by atoms with Gasteiger partial charge in [0, 0.05) is 6.54 Å². The minimum atomic E-state index is -3.94. The Labute approximate surface area is 136 Å². The second-order valence-corrected chi connectivity index (χ2v) is 6.83. The smallest absolute Gasteiger partial charge is 0.326 e. The van der Waals surface area contributed by atoms with Crippen LogP contribution in [0.1, 0.15) is 23.6 Å². The molecule has 0 bridgehead atoms. The number of carbonyl (C=O) groups is 2. The minimum absolute atomic E-state index is 0.112. The van der Waals surface area contributed by atoms with Crippen molar-refractivity contribution in [2.75, 3.05) is 13.2 Å². The summed E-state index contributed by atoms with van der Waals surface area (Å²) in [4.78, 5) is 22.4. The van der Waals surface area contributed by atoms with Crippen molar-refractivity contribution >= 4 is 22.4 Å². The lowest BCUT2D eigenvalue weighted by molar-refractivity contribution is -0.145. The largest absolute Gasteiger partial charge is 0.465 e. The summed E-state index contributed by atoms with van der Waals surface area (Å²) in [6, 6.07) is 2.32. The van der Waals surface area contributed by atoms with Crippen LogP contribution in [-0.2, 0) is 24.3 Å². The fourth-order valence-electron chi connectivity index (χ4n) is 2.42. The molecule has 1 atom stereocenters. The molecule has 0 aromatic heterocycles. The third-order valence-corrected chi connectivity index (χ3v) is 4.92. The predicted molar refractivity (Wildman–Crippen MR) is 85.5 cm³/mol. The number of nitrogens with one attached hydrogen (secondary N) is 2. The average Bonchev–Trinajstić information content (AvgIpc) is 2.41. The first-order valence-corrected chi connectivity index (χ1v) is 8.65. The third kappa shape index (κ3) is 5.04. The number of sulfonamides is 1.